The van der Waals surface area contributed by atoms with Crippen molar-refractivity contribution in [1.82, 2.24) is 0 Å². The third-order valence-electron chi connectivity index (χ3n) is 11.1. The van der Waals surface area contributed by atoms with E-state index in [1.165, 1.54) is 0 Å². The van der Waals surface area contributed by atoms with Crippen LogP contribution >= 0.6 is 0 Å². The van der Waals surface area contributed by atoms with Crippen molar-refractivity contribution in [2.75, 3.05) is 0 Å². The lowest BCUT2D eigenvalue weighted by Crippen LogP contribution is -2.26. The van der Waals surface area contributed by atoms with Crippen LogP contribution in [0.3, 0.4) is 0 Å². The zero-order chi connectivity index (χ0) is 41.5. The van der Waals surface area contributed by atoms with Crippen LogP contribution in [0.1, 0.15) is 159 Å². The average Bonchev–Trinajstić information content (AvgIpc) is 3.23. The minimum Gasteiger partial charge on any atom is -0.385 e. The van der Waals surface area contributed by atoms with Crippen molar-refractivity contribution in [2.45, 2.75) is 120 Å². The first-order chi connectivity index (χ1) is 27.0. The van der Waals surface area contributed by atoms with Crippen LogP contribution in [-0.2, 0) is 0 Å². The number of aliphatic hydroxyl groups excluding tert-OH is 6. The highest BCUT2D eigenvalue weighted by Gasteiger charge is 2.42. The van der Waals surface area contributed by atoms with Crippen LogP contribution in [0.15, 0.2) is 72.8 Å². The van der Waals surface area contributed by atoms with Gasteiger partial charge in [-0.3, -0.25) is 0 Å². The molecule has 0 saturated heterocycles. The summed E-state index contributed by atoms with van der Waals surface area (Å²) >= 11 is 0. The van der Waals surface area contributed by atoms with Crippen LogP contribution in [0, 0.1) is 27.7 Å². The minimum atomic E-state index is -1.03. The largest absolute Gasteiger partial charge is 0.385 e. The van der Waals surface area contributed by atoms with Gasteiger partial charge in [0.05, 0.1) is 0 Å². The van der Waals surface area contributed by atoms with Gasteiger partial charge in [0.25, 0.3) is 0 Å². The zero-order valence-electron chi connectivity index (χ0n) is 35.1. The predicted octanol–water partition coefficient (Wildman–Crippen LogP) is 11.3. The Balaban J connectivity index is 0.000000184. The fourth-order valence-corrected chi connectivity index (χ4v) is 9.05. The molecule has 0 aliphatic heterocycles. The molecule has 0 spiro atoms. The standard InChI is InChI=1S/C24H18O2.C18H18O4.4C2H6/c1-11-9-17-21-19-13(11)5-3-7-15(19)24(26)18-10-12(2)14-6-4-8-16(23(17)25)20(14)22(18)21;1-7-3-9-13-10(4-7)16(20)18(22)12-6-8(2)5-11(14(12)13)17(21)15(9)19;4*1-2/h3-10,23-26H,1-2H3;3-6,15-22H,1-2H3;4*1-2H3. The number of aliphatic hydroxyl groups is 6. The molecule has 10 rings (SSSR count). The fraction of sp³-hybridized carbons (Fsp3) is 0.360. The lowest BCUT2D eigenvalue weighted by molar-refractivity contribution is 0.00585. The summed E-state index contributed by atoms with van der Waals surface area (Å²) < 4.78 is 0. The lowest BCUT2D eigenvalue weighted by Gasteiger charge is -2.38. The van der Waals surface area contributed by atoms with Crippen molar-refractivity contribution < 1.29 is 30.6 Å². The first-order valence-electron chi connectivity index (χ1n) is 20.5. The van der Waals surface area contributed by atoms with Crippen LogP contribution < -0.4 is 0 Å². The van der Waals surface area contributed by atoms with E-state index >= 15 is 0 Å². The Kier molecular flexibility index (Phi) is 13.0. The monoisotopic (exact) mass is 756 g/mol. The number of aryl methyl sites for hydroxylation is 4. The van der Waals surface area contributed by atoms with Crippen LogP contribution in [0.25, 0.3) is 43.8 Å². The molecule has 56 heavy (non-hydrogen) atoms. The topological polar surface area (TPSA) is 121 Å². The molecule has 4 aliphatic rings. The average molecular weight is 757 g/mol. The summed E-state index contributed by atoms with van der Waals surface area (Å²) in [5.74, 6) is 0. The van der Waals surface area contributed by atoms with Gasteiger partial charge in [0.2, 0.25) is 0 Å². The Morgan fingerprint density at radius 3 is 0.911 bits per heavy atom. The highest BCUT2D eigenvalue weighted by atomic mass is 16.3. The maximum atomic E-state index is 11.2. The molecule has 6 unspecified atom stereocenters. The third kappa shape index (κ3) is 6.37. The molecule has 0 bridgehead atoms. The van der Waals surface area contributed by atoms with Gasteiger partial charge in [0.15, 0.2) is 0 Å². The molecule has 6 atom stereocenters. The van der Waals surface area contributed by atoms with Gasteiger partial charge in [0.1, 0.15) is 36.6 Å². The van der Waals surface area contributed by atoms with E-state index in [0.29, 0.717) is 22.3 Å². The molecular weight excluding hydrogens is 697 g/mol. The van der Waals surface area contributed by atoms with Gasteiger partial charge < -0.3 is 30.6 Å². The molecule has 4 aliphatic carbocycles. The Labute approximate surface area is 332 Å². The fourth-order valence-electron chi connectivity index (χ4n) is 9.05. The van der Waals surface area contributed by atoms with Gasteiger partial charge in [-0.25, -0.2) is 0 Å². The van der Waals surface area contributed by atoms with E-state index in [9.17, 15) is 30.6 Å². The van der Waals surface area contributed by atoms with Crippen LogP contribution in [0.5, 0.6) is 0 Å². The molecule has 0 fully saturated rings. The summed E-state index contributed by atoms with van der Waals surface area (Å²) in [7, 11) is 0. The van der Waals surface area contributed by atoms with Crippen molar-refractivity contribution in [3.05, 3.63) is 140 Å². The van der Waals surface area contributed by atoms with E-state index in [0.717, 1.165) is 88.3 Å². The number of hydrogen-bond acceptors (Lipinski definition) is 6. The zero-order valence-corrected chi connectivity index (χ0v) is 35.1. The van der Waals surface area contributed by atoms with Gasteiger partial charge in [-0.2, -0.15) is 0 Å². The second-order valence-electron chi connectivity index (χ2n) is 14.1. The smallest absolute Gasteiger partial charge is 0.110 e. The van der Waals surface area contributed by atoms with E-state index in [-0.39, 0.29) is 0 Å². The van der Waals surface area contributed by atoms with Crippen molar-refractivity contribution >= 4 is 21.5 Å². The highest BCUT2D eigenvalue weighted by Crippen LogP contribution is 2.57. The highest BCUT2D eigenvalue weighted by molar-refractivity contribution is 6.15. The minimum absolute atomic E-state index is 0.617. The molecule has 6 aromatic carbocycles. The molecule has 0 amide bonds. The molecule has 6 nitrogen and oxygen atoms in total. The molecule has 6 heteroatoms. The summed E-state index contributed by atoms with van der Waals surface area (Å²) in [5, 5.41) is 68.9. The van der Waals surface area contributed by atoms with Crippen molar-refractivity contribution in [3.8, 4) is 22.3 Å². The molecule has 296 valence electrons. The van der Waals surface area contributed by atoms with E-state index in [1.807, 2.05) is 118 Å². The number of benzene rings is 6. The first-order valence-corrected chi connectivity index (χ1v) is 20.5. The second kappa shape index (κ2) is 17.0. The summed E-state index contributed by atoms with van der Waals surface area (Å²) in [4.78, 5) is 0. The van der Waals surface area contributed by atoms with E-state index in [4.69, 9.17) is 0 Å². The maximum absolute atomic E-state index is 11.2. The Morgan fingerprint density at radius 2 is 0.625 bits per heavy atom. The van der Waals surface area contributed by atoms with Crippen LogP contribution in [0.4, 0.5) is 0 Å². The maximum Gasteiger partial charge on any atom is 0.110 e. The van der Waals surface area contributed by atoms with Gasteiger partial charge >= 0.3 is 0 Å². The molecule has 6 N–H and O–H groups in total. The van der Waals surface area contributed by atoms with E-state index < -0.39 is 36.6 Å². The lowest BCUT2D eigenvalue weighted by atomic mass is 9.70. The molecule has 0 radical (unpaired) electrons. The van der Waals surface area contributed by atoms with E-state index in [1.54, 1.807) is 0 Å². The summed E-state index contributed by atoms with van der Waals surface area (Å²) in [5.41, 5.74) is 14.0. The Hall–Kier alpha value is -4.40. The number of hydrogen-bond donors (Lipinski definition) is 6. The van der Waals surface area contributed by atoms with Crippen LogP contribution in [-0.4, -0.2) is 30.6 Å². The van der Waals surface area contributed by atoms with E-state index in [2.05, 4.69) is 38.1 Å². The molecule has 0 saturated carbocycles. The Bertz CT molecular complexity index is 2180. The second-order valence-corrected chi connectivity index (χ2v) is 14.1. The SMILES string of the molecule is CC.CC.CC.CC.Cc1cc2c3c(c1)C(O)C(O)c1cc(C)cc(c1-3)C(O)C2O.Cc1cc2c3c4c(cccc14)C(O)c1cc(C)c4cccc(c4c1-3)C2O. The molecular formula is C50H60O6. The summed E-state index contributed by atoms with van der Waals surface area (Å²) in [6, 6.07) is 23.9. The normalized spacial score (nSPS) is 20.7. The molecule has 0 aromatic heterocycles. The van der Waals surface area contributed by atoms with Gasteiger partial charge in [-0.05, 0) is 127 Å². The third-order valence-corrected chi connectivity index (χ3v) is 11.1. The Morgan fingerprint density at radius 1 is 0.339 bits per heavy atom. The first kappa shape index (κ1) is 42.7. The van der Waals surface area contributed by atoms with Crippen LogP contribution in [0.2, 0.25) is 0 Å². The molecule has 0 heterocycles. The van der Waals surface area contributed by atoms with Gasteiger partial charge in [0, 0.05) is 0 Å². The predicted molar refractivity (Wildman–Crippen MR) is 231 cm³/mol. The quantitative estimate of drug-likeness (QED) is 0.0918. The summed E-state index contributed by atoms with van der Waals surface area (Å²) in [6.07, 6.45) is -5.39. The summed E-state index contributed by atoms with van der Waals surface area (Å²) in [6.45, 7) is 23.9. The number of rotatable bonds is 0. The van der Waals surface area contributed by atoms with Gasteiger partial charge in [-0.15, -0.1) is 0 Å². The molecule has 6 aromatic rings. The van der Waals surface area contributed by atoms with Crippen molar-refractivity contribution in [3.63, 3.8) is 0 Å². The van der Waals surface area contributed by atoms with Crippen molar-refractivity contribution in [1.29, 1.82) is 0 Å². The van der Waals surface area contributed by atoms with Crippen molar-refractivity contribution in [2.24, 2.45) is 0 Å². The van der Waals surface area contributed by atoms with Gasteiger partial charge in [-0.1, -0.05) is 139 Å².